The van der Waals surface area contributed by atoms with Gasteiger partial charge < -0.3 is 0 Å². The first-order chi connectivity index (χ1) is 8.29. The second kappa shape index (κ2) is 6.36. The Kier molecular flexibility index (Phi) is 4.81. The topological polar surface area (TPSA) is 16.1 Å². The monoisotopic (exact) mass is 252 g/mol. The zero-order chi connectivity index (χ0) is 12.1. The van der Waals surface area contributed by atoms with Crippen LogP contribution in [0.4, 0.5) is 0 Å². The van der Waals surface area contributed by atoms with Crippen LogP contribution in [0.1, 0.15) is 37.1 Å². The number of hydrogen-bond donors (Lipinski definition) is 0. The lowest BCUT2D eigenvalue weighted by Crippen LogP contribution is -2.35. The van der Waals surface area contributed by atoms with Gasteiger partial charge in [-0.05, 0) is 38.4 Å². The first-order valence-electron chi connectivity index (χ1n) is 6.52. The van der Waals surface area contributed by atoms with Crippen molar-refractivity contribution in [2.75, 3.05) is 12.4 Å². The van der Waals surface area contributed by atoms with Crippen LogP contribution >= 0.6 is 11.6 Å². The second-order valence-electron chi connectivity index (χ2n) is 4.90. The van der Waals surface area contributed by atoms with Crippen LogP contribution in [-0.4, -0.2) is 28.4 Å². The molecule has 2 nitrogen and oxygen atoms in total. The van der Waals surface area contributed by atoms with E-state index in [-0.39, 0.29) is 0 Å². The van der Waals surface area contributed by atoms with Crippen LogP contribution in [-0.2, 0) is 6.54 Å². The number of alkyl halides is 1. The smallest absolute Gasteiger partial charge is 0.0547 e. The van der Waals surface area contributed by atoms with E-state index in [0.29, 0.717) is 6.04 Å². The van der Waals surface area contributed by atoms with E-state index in [9.17, 15) is 0 Å². The van der Waals surface area contributed by atoms with Crippen molar-refractivity contribution >= 4 is 11.6 Å². The largest absolute Gasteiger partial charge is 0.293 e. The quantitative estimate of drug-likeness (QED) is 0.767. The van der Waals surface area contributed by atoms with E-state index in [4.69, 9.17) is 11.6 Å². The lowest BCUT2D eigenvalue weighted by atomic mass is 10.1. The fraction of sp³-hybridized carbons (Fsp3) is 0.643. The number of hydrogen-bond acceptors (Lipinski definition) is 2. The molecule has 1 atom stereocenters. The zero-order valence-corrected chi connectivity index (χ0v) is 11.3. The van der Waals surface area contributed by atoms with E-state index in [1.54, 1.807) is 0 Å². The maximum absolute atomic E-state index is 6.08. The minimum absolute atomic E-state index is 0.529. The molecule has 94 valence electrons. The van der Waals surface area contributed by atoms with Crippen molar-refractivity contribution in [3.8, 4) is 0 Å². The van der Waals surface area contributed by atoms with E-state index in [0.717, 1.165) is 24.7 Å². The molecule has 17 heavy (non-hydrogen) atoms. The van der Waals surface area contributed by atoms with Gasteiger partial charge >= 0.3 is 0 Å². The molecule has 1 saturated heterocycles. The maximum atomic E-state index is 6.08. The maximum Gasteiger partial charge on any atom is 0.0547 e. The molecule has 2 rings (SSSR count). The minimum Gasteiger partial charge on any atom is -0.293 e. The molecule has 0 N–H and O–H groups in total. The molecule has 0 spiro atoms. The van der Waals surface area contributed by atoms with Gasteiger partial charge in [-0.15, -0.1) is 11.6 Å². The normalized spacial score (nSPS) is 22.4. The number of rotatable bonds is 3. The number of pyridine rings is 1. The van der Waals surface area contributed by atoms with Crippen LogP contribution < -0.4 is 0 Å². The first kappa shape index (κ1) is 12.8. The Morgan fingerprint density at radius 1 is 1.35 bits per heavy atom. The van der Waals surface area contributed by atoms with Gasteiger partial charge in [-0.25, -0.2) is 0 Å². The SMILES string of the molecule is Cc1cccc(CN2CCCCCC2CCl)n1. The van der Waals surface area contributed by atoms with Gasteiger partial charge in [0.15, 0.2) is 0 Å². The third-order valence-electron chi connectivity index (χ3n) is 3.49. The van der Waals surface area contributed by atoms with Gasteiger partial charge in [0.05, 0.1) is 5.69 Å². The number of halogens is 1. The molecule has 1 aromatic rings. The molecule has 0 bridgehead atoms. The Balaban J connectivity index is 2.04. The summed E-state index contributed by atoms with van der Waals surface area (Å²) < 4.78 is 0. The molecule has 1 unspecified atom stereocenters. The fourth-order valence-electron chi connectivity index (χ4n) is 2.52. The number of aromatic nitrogens is 1. The Hall–Kier alpha value is -0.600. The number of likely N-dealkylation sites (tertiary alicyclic amines) is 1. The molecular formula is C14H21ClN2. The van der Waals surface area contributed by atoms with E-state index < -0.39 is 0 Å². The Morgan fingerprint density at radius 3 is 3.00 bits per heavy atom. The highest BCUT2D eigenvalue weighted by atomic mass is 35.5. The minimum atomic E-state index is 0.529. The van der Waals surface area contributed by atoms with Gasteiger partial charge in [-0.1, -0.05) is 18.9 Å². The predicted molar refractivity (Wildman–Crippen MR) is 72.4 cm³/mol. The molecule has 0 aromatic carbocycles. The Bertz CT molecular complexity index is 354. The van der Waals surface area contributed by atoms with Crippen molar-refractivity contribution in [1.29, 1.82) is 0 Å². The fourth-order valence-corrected chi connectivity index (χ4v) is 2.86. The molecule has 3 heteroatoms. The summed E-state index contributed by atoms with van der Waals surface area (Å²) in [6, 6.07) is 6.78. The van der Waals surface area contributed by atoms with E-state index in [1.165, 1.54) is 31.4 Å². The predicted octanol–water partition coefficient (Wildman–Crippen LogP) is 3.37. The summed E-state index contributed by atoms with van der Waals surface area (Å²) in [7, 11) is 0. The summed E-state index contributed by atoms with van der Waals surface area (Å²) >= 11 is 6.08. The average Bonchev–Trinajstić information content (AvgIpc) is 2.54. The zero-order valence-electron chi connectivity index (χ0n) is 10.5. The van der Waals surface area contributed by atoms with E-state index in [2.05, 4.69) is 22.0 Å². The summed E-state index contributed by atoms with van der Waals surface area (Å²) in [5, 5.41) is 0. The van der Waals surface area contributed by atoms with Gasteiger partial charge in [0.1, 0.15) is 0 Å². The van der Waals surface area contributed by atoms with Crippen molar-refractivity contribution in [2.24, 2.45) is 0 Å². The molecule has 0 radical (unpaired) electrons. The van der Waals surface area contributed by atoms with Gasteiger partial charge in [0, 0.05) is 24.2 Å². The third-order valence-corrected chi connectivity index (χ3v) is 3.84. The number of nitrogens with zero attached hydrogens (tertiary/aromatic N) is 2. The highest BCUT2D eigenvalue weighted by Gasteiger charge is 2.20. The summed E-state index contributed by atoms with van der Waals surface area (Å²) in [4.78, 5) is 7.08. The molecule has 1 aromatic heterocycles. The highest BCUT2D eigenvalue weighted by molar-refractivity contribution is 6.18. The van der Waals surface area contributed by atoms with E-state index >= 15 is 0 Å². The third kappa shape index (κ3) is 3.68. The molecular weight excluding hydrogens is 232 g/mol. The molecule has 0 aliphatic carbocycles. The van der Waals surface area contributed by atoms with Crippen molar-refractivity contribution in [3.63, 3.8) is 0 Å². The van der Waals surface area contributed by atoms with Gasteiger partial charge in [0.2, 0.25) is 0 Å². The van der Waals surface area contributed by atoms with E-state index in [1.807, 2.05) is 13.0 Å². The lowest BCUT2D eigenvalue weighted by Gasteiger charge is -2.28. The lowest BCUT2D eigenvalue weighted by molar-refractivity contribution is 0.205. The molecule has 2 heterocycles. The summed E-state index contributed by atoms with van der Waals surface area (Å²) in [6.07, 6.45) is 5.18. The van der Waals surface area contributed by atoms with Gasteiger partial charge in [0.25, 0.3) is 0 Å². The average molecular weight is 253 g/mol. The Morgan fingerprint density at radius 2 is 2.24 bits per heavy atom. The van der Waals surface area contributed by atoms with Crippen LogP contribution in [0.3, 0.4) is 0 Å². The Labute approximate surface area is 109 Å². The van der Waals surface area contributed by atoms with Crippen LogP contribution in [0.2, 0.25) is 0 Å². The second-order valence-corrected chi connectivity index (χ2v) is 5.21. The first-order valence-corrected chi connectivity index (χ1v) is 7.05. The van der Waals surface area contributed by atoms with Crippen LogP contribution in [0.15, 0.2) is 18.2 Å². The van der Waals surface area contributed by atoms with Crippen molar-refractivity contribution in [3.05, 3.63) is 29.6 Å². The molecule has 1 aliphatic rings. The highest BCUT2D eigenvalue weighted by Crippen LogP contribution is 2.19. The van der Waals surface area contributed by atoms with Gasteiger partial charge in [-0.3, -0.25) is 9.88 Å². The number of aryl methyl sites for hydroxylation is 1. The van der Waals surface area contributed by atoms with Crippen LogP contribution in [0, 0.1) is 6.92 Å². The summed E-state index contributed by atoms with van der Waals surface area (Å²) in [5.74, 6) is 0.742. The summed E-state index contributed by atoms with van der Waals surface area (Å²) in [6.45, 7) is 4.15. The van der Waals surface area contributed by atoms with Gasteiger partial charge in [-0.2, -0.15) is 0 Å². The standard InChI is InChI=1S/C14H21ClN2/c1-12-6-5-7-13(16-12)11-17-9-4-2-3-8-14(17)10-15/h5-7,14H,2-4,8-11H2,1H3. The van der Waals surface area contributed by atoms with Crippen molar-refractivity contribution < 1.29 is 0 Å². The molecule has 1 fully saturated rings. The molecule has 1 aliphatic heterocycles. The summed E-state index contributed by atoms with van der Waals surface area (Å²) in [5.41, 5.74) is 2.27. The van der Waals surface area contributed by atoms with Crippen molar-refractivity contribution in [2.45, 2.75) is 45.2 Å². The van der Waals surface area contributed by atoms with Crippen LogP contribution in [0.25, 0.3) is 0 Å². The molecule has 0 amide bonds. The van der Waals surface area contributed by atoms with Crippen LogP contribution in [0.5, 0.6) is 0 Å². The molecule has 0 saturated carbocycles. The van der Waals surface area contributed by atoms with Crippen molar-refractivity contribution in [1.82, 2.24) is 9.88 Å².